The summed E-state index contributed by atoms with van der Waals surface area (Å²) in [5.74, 6) is -0.351. The molecule has 0 spiro atoms. The summed E-state index contributed by atoms with van der Waals surface area (Å²) in [7, 11) is 0. The third-order valence-corrected chi connectivity index (χ3v) is 3.95. The number of carbonyl (C=O) groups excluding carboxylic acids is 1. The van der Waals surface area contributed by atoms with Crippen LogP contribution in [0.3, 0.4) is 0 Å². The molecular weight excluding hydrogens is 335 g/mol. The molecule has 0 radical (unpaired) electrons. The maximum atomic E-state index is 13.8. The van der Waals surface area contributed by atoms with Gasteiger partial charge in [0.05, 0.1) is 0 Å². The third-order valence-electron chi connectivity index (χ3n) is 3.52. The van der Waals surface area contributed by atoms with Crippen LogP contribution in [0.2, 0.25) is 0 Å². The van der Waals surface area contributed by atoms with Crippen LogP contribution in [-0.2, 0) is 6.54 Å². The van der Waals surface area contributed by atoms with Gasteiger partial charge in [0, 0.05) is 29.9 Å². The molecule has 1 saturated carbocycles. The molecule has 1 aromatic heterocycles. The Balaban J connectivity index is 1.85. The molecule has 0 atom stereocenters. The van der Waals surface area contributed by atoms with Gasteiger partial charge in [0.25, 0.3) is 5.91 Å². The lowest BCUT2D eigenvalue weighted by molar-refractivity contribution is 0.0728. The smallest absolute Gasteiger partial charge is 0.254 e. The predicted molar refractivity (Wildman–Crippen MR) is 81.2 cm³/mol. The molecule has 3 nitrogen and oxygen atoms in total. The molecule has 1 heterocycles. The summed E-state index contributed by atoms with van der Waals surface area (Å²) in [5, 5.41) is 0. The van der Waals surface area contributed by atoms with E-state index in [0.717, 1.165) is 12.8 Å². The maximum absolute atomic E-state index is 13.8. The number of hydrogen-bond donors (Lipinski definition) is 0. The van der Waals surface area contributed by atoms with E-state index in [1.165, 1.54) is 6.07 Å². The van der Waals surface area contributed by atoms with E-state index in [1.807, 2.05) is 0 Å². The van der Waals surface area contributed by atoms with E-state index < -0.39 is 0 Å². The molecule has 0 bridgehead atoms. The number of nitrogens with zero attached hydrogens (tertiary/aromatic N) is 2. The molecule has 3 rings (SSSR count). The van der Waals surface area contributed by atoms with Gasteiger partial charge in [-0.25, -0.2) is 9.37 Å². The van der Waals surface area contributed by atoms with Gasteiger partial charge in [0.1, 0.15) is 10.4 Å². The quantitative estimate of drug-likeness (QED) is 0.787. The van der Waals surface area contributed by atoms with Gasteiger partial charge in [-0.15, -0.1) is 0 Å². The highest BCUT2D eigenvalue weighted by Crippen LogP contribution is 2.30. The van der Waals surface area contributed by atoms with Crippen molar-refractivity contribution in [1.29, 1.82) is 0 Å². The second kappa shape index (κ2) is 5.93. The highest BCUT2D eigenvalue weighted by molar-refractivity contribution is 9.10. The molecule has 0 aliphatic heterocycles. The van der Waals surface area contributed by atoms with Crippen molar-refractivity contribution in [3.63, 3.8) is 0 Å². The molecule has 5 heteroatoms. The molecule has 1 amide bonds. The molecule has 0 saturated heterocycles. The Kier molecular flexibility index (Phi) is 4.01. The van der Waals surface area contributed by atoms with Gasteiger partial charge < -0.3 is 4.90 Å². The fraction of sp³-hybridized carbons (Fsp3) is 0.250. The normalized spacial score (nSPS) is 14.0. The number of pyridine rings is 1. The largest absolute Gasteiger partial charge is 0.331 e. The van der Waals surface area contributed by atoms with Crippen LogP contribution in [0.25, 0.3) is 0 Å². The fourth-order valence-corrected chi connectivity index (χ4v) is 2.63. The average Bonchev–Trinajstić information content (AvgIpc) is 3.30. The second-order valence-corrected chi connectivity index (χ2v) is 5.94. The van der Waals surface area contributed by atoms with Gasteiger partial charge in [0.2, 0.25) is 0 Å². The van der Waals surface area contributed by atoms with Crippen LogP contribution in [-0.4, -0.2) is 21.8 Å². The van der Waals surface area contributed by atoms with Gasteiger partial charge in [0.15, 0.2) is 0 Å². The highest BCUT2D eigenvalue weighted by atomic mass is 79.9. The molecule has 2 aromatic rings. The third kappa shape index (κ3) is 3.29. The molecule has 108 valence electrons. The van der Waals surface area contributed by atoms with Gasteiger partial charge in [-0.2, -0.15) is 0 Å². The van der Waals surface area contributed by atoms with Crippen molar-refractivity contribution in [2.24, 2.45) is 0 Å². The zero-order valence-electron chi connectivity index (χ0n) is 11.3. The molecule has 21 heavy (non-hydrogen) atoms. The van der Waals surface area contributed by atoms with Crippen LogP contribution < -0.4 is 0 Å². The minimum Gasteiger partial charge on any atom is -0.331 e. The summed E-state index contributed by atoms with van der Waals surface area (Å²) in [6.45, 7) is 0.302. The Morgan fingerprint density at radius 3 is 2.76 bits per heavy atom. The van der Waals surface area contributed by atoms with Crippen LogP contribution >= 0.6 is 15.9 Å². The number of halogens is 2. The standard InChI is InChI=1S/C16H14BrFN2O/c17-15-9-11(7-8-19-15)16(21)20(13-5-6-13)10-12-3-1-2-4-14(12)18/h1-4,7-9,13H,5-6,10H2. The van der Waals surface area contributed by atoms with Crippen molar-refractivity contribution in [2.75, 3.05) is 0 Å². The summed E-state index contributed by atoms with van der Waals surface area (Å²) < 4.78 is 14.4. The molecule has 1 aliphatic rings. The summed E-state index contributed by atoms with van der Waals surface area (Å²) in [6.07, 6.45) is 3.55. The van der Waals surface area contributed by atoms with Crippen LogP contribution in [0.4, 0.5) is 4.39 Å². The molecule has 1 aliphatic carbocycles. The molecule has 0 unspecified atom stereocenters. The Morgan fingerprint density at radius 1 is 1.33 bits per heavy atom. The molecular formula is C16H14BrFN2O. The number of aromatic nitrogens is 1. The SMILES string of the molecule is O=C(c1ccnc(Br)c1)N(Cc1ccccc1F)C1CC1. The Bertz CT molecular complexity index is 673. The highest BCUT2D eigenvalue weighted by Gasteiger charge is 2.33. The number of benzene rings is 1. The fourth-order valence-electron chi connectivity index (χ4n) is 2.26. The lowest BCUT2D eigenvalue weighted by Crippen LogP contribution is -2.33. The van der Waals surface area contributed by atoms with Crippen molar-refractivity contribution in [3.8, 4) is 0 Å². The monoisotopic (exact) mass is 348 g/mol. The number of hydrogen-bond acceptors (Lipinski definition) is 2. The Morgan fingerprint density at radius 2 is 2.10 bits per heavy atom. The van der Waals surface area contributed by atoms with Gasteiger partial charge in [-0.05, 0) is 47.0 Å². The van der Waals surface area contributed by atoms with E-state index in [2.05, 4.69) is 20.9 Å². The van der Waals surface area contributed by atoms with Gasteiger partial charge in [-0.3, -0.25) is 4.79 Å². The molecule has 1 fully saturated rings. The topological polar surface area (TPSA) is 33.2 Å². The van der Waals surface area contributed by atoms with Gasteiger partial charge in [-0.1, -0.05) is 18.2 Å². The average molecular weight is 349 g/mol. The molecule has 1 aromatic carbocycles. The van der Waals surface area contributed by atoms with E-state index in [-0.39, 0.29) is 17.8 Å². The van der Waals surface area contributed by atoms with E-state index in [0.29, 0.717) is 22.3 Å². The van der Waals surface area contributed by atoms with Crippen molar-refractivity contribution in [2.45, 2.75) is 25.4 Å². The van der Waals surface area contributed by atoms with Crippen LogP contribution in [0.15, 0.2) is 47.2 Å². The summed E-state index contributed by atoms with van der Waals surface area (Å²) in [5.41, 5.74) is 1.12. The number of amides is 1. The van der Waals surface area contributed by atoms with Crippen molar-refractivity contribution < 1.29 is 9.18 Å². The van der Waals surface area contributed by atoms with Crippen molar-refractivity contribution >= 4 is 21.8 Å². The first-order valence-corrected chi connectivity index (χ1v) is 7.60. The lowest BCUT2D eigenvalue weighted by Gasteiger charge is -2.23. The van der Waals surface area contributed by atoms with Crippen molar-refractivity contribution in [3.05, 3.63) is 64.1 Å². The zero-order chi connectivity index (χ0) is 14.8. The summed E-state index contributed by atoms with van der Waals surface area (Å²) >= 11 is 3.27. The van der Waals surface area contributed by atoms with E-state index in [1.54, 1.807) is 41.4 Å². The van der Waals surface area contributed by atoms with Gasteiger partial charge >= 0.3 is 0 Å². The minimum absolute atomic E-state index is 0.0798. The summed E-state index contributed by atoms with van der Waals surface area (Å²) in [4.78, 5) is 18.4. The summed E-state index contributed by atoms with van der Waals surface area (Å²) in [6, 6.07) is 10.2. The van der Waals surface area contributed by atoms with E-state index in [9.17, 15) is 9.18 Å². The Hall–Kier alpha value is -1.75. The first-order valence-electron chi connectivity index (χ1n) is 6.81. The minimum atomic E-state index is -0.271. The van der Waals surface area contributed by atoms with Crippen LogP contribution in [0.5, 0.6) is 0 Å². The first-order chi connectivity index (χ1) is 10.1. The second-order valence-electron chi connectivity index (χ2n) is 5.12. The maximum Gasteiger partial charge on any atom is 0.254 e. The zero-order valence-corrected chi connectivity index (χ0v) is 12.9. The predicted octanol–water partition coefficient (Wildman–Crippen LogP) is 3.79. The van der Waals surface area contributed by atoms with Crippen LogP contribution in [0.1, 0.15) is 28.8 Å². The number of carbonyl (C=O) groups is 1. The van der Waals surface area contributed by atoms with Crippen LogP contribution in [0, 0.1) is 5.82 Å². The van der Waals surface area contributed by atoms with Crippen molar-refractivity contribution in [1.82, 2.24) is 9.88 Å². The van der Waals surface area contributed by atoms with E-state index in [4.69, 9.17) is 0 Å². The van der Waals surface area contributed by atoms with E-state index >= 15 is 0 Å². The first kappa shape index (κ1) is 14.2. The number of rotatable bonds is 4. The lowest BCUT2D eigenvalue weighted by atomic mass is 10.1. The Labute approximate surface area is 130 Å². The molecule has 0 N–H and O–H groups in total.